The maximum atomic E-state index is 12.2. The molecular formula is C33H54O5. The van der Waals surface area contributed by atoms with Crippen molar-refractivity contribution >= 4 is 11.9 Å². The lowest BCUT2D eigenvalue weighted by molar-refractivity contribution is -0.142. The van der Waals surface area contributed by atoms with Gasteiger partial charge in [-0.2, -0.15) is 0 Å². The van der Waals surface area contributed by atoms with E-state index in [1.807, 2.05) is 20.8 Å². The molecule has 0 saturated heterocycles. The second-order valence-corrected chi connectivity index (χ2v) is 12.8. The topological polar surface area (TPSA) is 72.8 Å². The number of carboxylic acid groups (broad SMARTS) is 1. The van der Waals surface area contributed by atoms with Gasteiger partial charge in [-0.25, -0.2) is 0 Å². The molecule has 1 aliphatic rings. The minimum absolute atomic E-state index is 0.130. The Kier molecular flexibility index (Phi) is 12.6. The molecule has 1 heterocycles. The van der Waals surface area contributed by atoms with Crippen molar-refractivity contribution in [2.75, 3.05) is 0 Å². The van der Waals surface area contributed by atoms with Gasteiger partial charge in [-0.05, 0) is 87.8 Å². The van der Waals surface area contributed by atoms with Gasteiger partial charge >= 0.3 is 11.9 Å². The van der Waals surface area contributed by atoms with Crippen LogP contribution in [0.2, 0.25) is 0 Å². The molecule has 1 aliphatic heterocycles. The highest BCUT2D eigenvalue weighted by molar-refractivity contribution is 5.79. The molecule has 0 radical (unpaired) electrons. The van der Waals surface area contributed by atoms with Gasteiger partial charge in [0.15, 0.2) is 0 Å². The summed E-state index contributed by atoms with van der Waals surface area (Å²) in [6.07, 6.45) is 13.1. The lowest BCUT2D eigenvalue weighted by atomic mass is 9.83. The molecule has 0 spiro atoms. The quantitative estimate of drug-likeness (QED) is 0.171. The number of fused-ring (bicyclic) bond motifs is 1. The van der Waals surface area contributed by atoms with E-state index in [0.29, 0.717) is 5.75 Å². The van der Waals surface area contributed by atoms with Crippen LogP contribution in [0.25, 0.3) is 0 Å². The zero-order valence-corrected chi connectivity index (χ0v) is 25.5. The van der Waals surface area contributed by atoms with Crippen molar-refractivity contribution < 1.29 is 24.2 Å². The Balaban J connectivity index is 1.87. The van der Waals surface area contributed by atoms with E-state index < -0.39 is 11.9 Å². The highest BCUT2D eigenvalue weighted by atomic mass is 16.5. The van der Waals surface area contributed by atoms with Crippen molar-refractivity contribution in [3.63, 3.8) is 0 Å². The predicted octanol–water partition coefficient (Wildman–Crippen LogP) is 8.90. The van der Waals surface area contributed by atoms with Crippen LogP contribution in [0.5, 0.6) is 11.5 Å². The lowest BCUT2D eigenvalue weighted by Crippen LogP contribution is -2.37. The molecule has 216 valence electrons. The summed E-state index contributed by atoms with van der Waals surface area (Å²) < 4.78 is 12.3. The van der Waals surface area contributed by atoms with Crippen molar-refractivity contribution in [3.05, 3.63) is 22.3 Å². The second-order valence-electron chi connectivity index (χ2n) is 12.8. The molecule has 0 amide bonds. The van der Waals surface area contributed by atoms with E-state index >= 15 is 0 Å². The third-order valence-electron chi connectivity index (χ3n) is 8.60. The largest absolute Gasteiger partial charge is 0.487 e. The Hall–Kier alpha value is -2.04. The number of esters is 1. The SMILES string of the molecule is Cc1c(C)c2c(c(C)c1OC(=O)CCC(=O)O)CC[C@@](C)(CCC[C@@H](C)CCC[C@@H](C)CCCC(C)C)O2. The number of carbonyl (C=O) groups is 2. The first-order valence-corrected chi connectivity index (χ1v) is 15.1. The van der Waals surface area contributed by atoms with Crippen molar-refractivity contribution in [1.29, 1.82) is 0 Å². The molecule has 1 aromatic carbocycles. The highest BCUT2D eigenvalue weighted by Gasteiger charge is 2.34. The molecular weight excluding hydrogens is 476 g/mol. The van der Waals surface area contributed by atoms with Crippen molar-refractivity contribution in [2.24, 2.45) is 17.8 Å². The molecule has 0 bridgehead atoms. The average molecular weight is 531 g/mol. The zero-order chi connectivity index (χ0) is 28.5. The Morgan fingerprint density at radius 2 is 1.45 bits per heavy atom. The van der Waals surface area contributed by atoms with E-state index in [1.54, 1.807) is 0 Å². The van der Waals surface area contributed by atoms with Gasteiger partial charge in [-0.15, -0.1) is 0 Å². The monoisotopic (exact) mass is 530 g/mol. The number of hydrogen-bond donors (Lipinski definition) is 1. The molecule has 38 heavy (non-hydrogen) atoms. The summed E-state index contributed by atoms with van der Waals surface area (Å²) in [5.41, 5.74) is 3.76. The van der Waals surface area contributed by atoms with Gasteiger partial charge in [0.25, 0.3) is 0 Å². The second kappa shape index (κ2) is 14.9. The van der Waals surface area contributed by atoms with Crippen molar-refractivity contribution in [3.8, 4) is 11.5 Å². The third kappa shape index (κ3) is 9.93. The van der Waals surface area contributed by atoms with Crippen LogP contribution < -0.4 is 9.47 Å². The number of aliphatic carboxylic acids is 1. The van der Waals surface area contributed by atoms with Gasteiger partial charge in [0.1, 0.15) is 17.1 Å². The minimum Gasteiger partial charge on any atom is -0.487 e. The molecule has 1 N–H and O–H groups in total. The Morgan fingerprint density at radius 1 is 0.868 bits per heavy atom. The first kappa shape index (κ1) is 32.2. The smallest absolute Gasteiger partial charge is 0.311 e. The fourth-order valence-electron chi connectivity index (χ4n) is 5.79. The average Bonchev–Trinajstić information content (AvgIpc) is 2.83. The van der Waals surface area contributed by atoms with E-state index in [-0.39, 0.29) is 18.4 Å². The number of ether oxygens (including phenoxy) is 2. The van der Waals surface area contributed by atoms with Crippen LogP contribution in [0.3, 0.4) is 0 Å². The Bertz CT molecular complexity index is 934. The molecule has 5 heteroatoms. The van der Waals surface area contributed by atoms with Crippen LogP contribution in [0, 0.1) is 38.5 Å². The summed E-state index contributed by atoms with van der Waals surface area (Å²) in [4.78, 5) is 23.0. The molecule has 0 saturated carbocycles. The maximum absolute atomic E-state index is 12.2. The summed E-state index contributed by atoms with van der Waals surface area (Å²) in [5, 5.41) is 8.85. The van der Waals surface area contributed by atoms with Crippen LogP contribution in [0.1, 0.15) is 134 Å². The fraction of sp³-hybridized carbons (Fsp3) is 0.758. The van der Waals surface area contributed by atoms with Gasteiger partial charge in [0, 0.05) is 5.56 Å². The van der Waals surface area contributed by atoms with Crippen LogP contribution >= 0.6 is 0 Å². The molecule has 0 aromatic heterocycles. The maximum Gasteiger partial charge on any atom is 0.311 e. The molecule has 3 atom stereocenters. The lowest BCUT2D eigenvalue weighted by Gasteiger charge is -2.38. The van der Waals surface area contributed by atoms with Gasteiger partial charge in [0.2, 0.25) is 0 Å². The summed E-state index contributed by atoms with van der Waals surface area (Å²) in [6.45, 7) is 17.6. The zero-order valence-electron chi connectivity index (χ0n) is 25.5. The Labute approximate surface area is 232 Å². The van der Waals surface area contributed by atoms with E-state index in [9.17, 15) is 9.59 Å². The highest BCUT2D eigenvalue weighted by Crippen LogP contribution is 2.45. The number of hydrogen-bond acceptors (Lipinski definition) is 4. The van der Waals surface area contributed by atoms with Gasteiger partial charge in [-0.1, -0.05) is 72.6 Å². The van der Waals surface area contributed by atoms with Gasteiger partial charge < -0.3 is 14.6 Å². The summed E-state index contributed by atoms with van der Waals surface area (Å²) in [6, 6.07) is 0. The van der Waals surface area contributed by atoms with Crippen molar-refractivity contribution in [2.45, 2.75) is 144 Å². The molecule has 5 nitrogen and oxygen atoms in total. The summed E-state index contributed by atoms with van der Waals surface area (Å²) in [7, 11) is 0. The third-order valence-corrected chi connectivity index (χ3v) is 8.60. The van der Waals surface area contributed by atoms with Gasteiger partial charge in [0.05, 0.1) is 12.8 Å². The summed E-state index contributed by atoms with van der Waals surface area (Å²) in [5.74, 6) is 2.42. The number of rotatable bonds is 16. The van der Waals surface area contributed by atoms with Crippen LogP contribution in [-0.4, -0.2) is 22.6 Å². The standard InChI is InChI=1S/C33H54O5/c1-22(2)12-9-13-23(3)14-10-15-24(4)16-11-20-33(8)21-19-28-27(7)31(25(5)26(6)32(28)38-33)37-30(36)18-17-29(34)35/h22-24H,9-21H2,1-8H3,(H,34,35)/t23-,24-,33+/m0/s1. The molecule has 0 aliphatic carbocycles. The molecule has 1 aromatic rings. The van der Waals surface area contributed by atoms with Crippen molar-refractivity contribution in [1.82, 2.24) is 0 Å². The molecule has 2 rings (SSSR count). The van der Waals surface area contributed by atoms with Crippen LogP contribution in [0.4, 0.5) is 0 Å². The summed E-state index contributed by atoms with van der Waals surface area (Å²) >= 11 is 0. The fourth-order valence-corrected chi connectivity index (χ4v) is 5.79. The van der Waals surface area contributed by atoms with E-state index in [4.69, 9.17) is 14.6 Å². The number of carboxylic acids is 1. The molecule has 0 unspecified atom stereocenters. The van der Waals surface area contributed by atoms with Crippen LogP contribution in [-0.2, 0) is 16.0 Å². The normalized spacial score (nSPS) is 18.6. The van der Waals surface area contributed by atoms with E-state index in [1.165, 1.54) is 51.4 Å². The van der Waals surface area contributed by atoms with Crippen LogP contribution in [0.15, 0.2) is 0 Å². The number of benzene rings is 1. The number of carbonyl (C=O) groups excluding carboxylic acids is 1. The first-order chi connectivity index (χ1) is 17.8. The minimum atomic E-state index is -0.999. The van der Waals surface area contributed by atoms with Gasteiger partial charge in [-0.3, -0.25) is 9.59 Å². The predicted molar refractivity (Wildman–Crippen MR) is 155 cm³/mol. The van der Waals surface area contributed by atoms with E-state index in [2.05, 4.69) is 34.6 Å². The Morgan fingerprint density at radius 3 is 2.03 bits per heavy atom. The first-order valence-electron chi connectivity index (χ1n) is 15.1. The molecule has 0 fully saturated rings. The van der Waals surface area contributed by atoms with E-state index in [0.717, 1.165) is 65.0 Å².